The number of ether oxygens (including phenoxy) is 1. The Balaban J connectivity index is 2.49. The zero-order valence-electron chi connectivity index (χ0n) is 9.97. The average Bonchev–Trinajstić information content (AvgIpc) is 2.35. The zero-order valence-corrected chi connectivity index (χ0v) is 10.8. The molecule has 1 heterocycles. The molecule has 0 radical (unpaired) electrons. The Kier molecular flexibility index (Phi) is 3.59. The topological polar surface area (TPSA) is 55.6 Å². The Bertz CT molecular complexity index is 437. The number of anilines is 1. The van der Waals surface area contributed by atoms with Crippen LogP contribution in [0.2, 0.25) is 0 Å². The van der Waals surface area contributed by atoms with Gasteiger partial charge >= 0.3 is 0 Å². The summed E-state index contributed by atoms with van der Waals surface area (Å²) in [6.07, 6.45) is 0. The molecule has 1 aromatic rings. The number of hydrogen-bond donors (Lipinski definition) is 1. The highest BCUT2D eigenvalue weighted by atomic mass is 32.2. The Labute approximate surface area is 105 Å². The number of thioether (sulfide) groups is 1. The number of nitrogens with two attached hydrogens (primary N) is 1. The third kappa shape index (κ3) is 2.25. The van der Waals surface area contributed by atoms with Crippen LogP contribution in [0.4, 0.5) is 5.69 Å². The molecule has 0 saturated heterocycles. The third-order valence-electron chi connectivity index (χ3n) is 2.70. The summed E-state index contributed by atoms with van der Waals surface area (Å²) in [5.74, 6) is 0.659. The van der Waals surface area contributed by atoms with Crippen molar-refractivity contribution < 1.29 is 9.53 Å². The predicted octanol–water partition coefficient (Wildman–Crippen LogP) is 1.48. The SMILES string of the molecule is COc1cccc2c1N(C(=O)CN)CC(C)S2. The van der Waals surface area contributed by atoms with E-state index >= 15 is 0 Å². The molecule has 1 aliphatic heterocycles. The fourth-order valence-electron chi connectivity index (χ4n) is 1.97. The number of rotatable bonds is 2. The molecule has 0 aromatic heterocycles. The van der Waals surface area contributed by atoms with E-state index in [4.69, 9.17) is 10.5 Å². The molecule has 1 aliphatic rings. The van der Waals surface area contributed by atoms with Gasteiger partial charge in [0.25, 0.3) is 0 Å². The first-order chi connectivity index (χ1) is 8.17. The van der Waals surface area contributed by atoms with Crippen molar-refractivity contribution in [3.63, 3.8) is 0 Å². The molecular weight excluding hydrogens is 236 g/mol. The average molecular weight is 252 g/mol. The van der Waals surface area contributed by atoms with Crippen LogP contribution < -0.4 is 15.4 Å². The van der Waals surface area contributed by atoms with Crippen molar-refractivity contribution in [2.45, 2.75) is 17.1 Å². The van der Waals surface area contributed by atoms with Gasteiger partial charge in [-0.05, 0) is 12.1 Å². The van der Waals surface area contributed by atoms with Crippen molar-refractivity contribution in [3.8, 4) is 5.75 Å². The van der Waals surface area contributed by atoms with E-state index in [1.807, 2.05) is 18.2 Å². The van der Waals surface area contributed by atoms with Gasteiger partial charge in [-0.15, -0.1) is 11.8 Å². The Morgan fingerprint density at radius 1 is 1.65 bits per heavy atom. The van der Waals surface area contributed by atoms with Crippen LogP contribution in [0.5, 0.6) is 5.75 Å². The smallest absolute Gasteiger partial charge is 0.240 e. The first-order valence-electron chi connectivity index (χ1n) is 5.51. The number of nitrogens with zero attached hydrogens (tertiary/aromatic N) is 1. The number of methoxy groups -OCH3 is 1. The first-order valence-corrected chi connectivity index (χ1v) is 6.39. The summed E-state index contributed by atoms with van der Waals surface area (Å²) in [4.78, 5) is 14.7. The molecule has 17 heavy (non-hydrogen) atoms. The monoisotopic (exact) mass is 252 g/mol. The molecule has 1 aromatic carbocycles. The number of fused-ring (bicyclic) bond motifs is 1. The summed E-state index contributed by atoms with van der Waals surface area (Å²) >= 11 is 1.76. The molecule has 1 atom stereocenters. The molecule has 0 bridgehead atoms. The van der Waals surface area contributed by atoms with Crippen LogP contribution >= 0.6 is 11.8 Å². The maximum absolute atomic E-state index is 11.9. The lowest BCUT2D eigenvalue weighted by Crippen LogP contribution is -2.42. The van der Waals surface area contributed by atoms with Crippen molar-refractivity contribution in [2.24, 2.45) is 5.73 Å². The van der Waals surface area contributed by atoms with Crippen molar-refractivity contribution in [2.75, 3.05) is 25.1 Å². The fraction of sp³-hybridized carbons (Fsp3) is 0.417. The molecule has 0 spiro atoms. The van der Waals surface area contributed by atoms with Gasteiger partial charge in [0.15, 0.2) is 0 Å². The standard InChI is InChI=1S/C12H16N2O2S/c1-8-7-14(11(15)6-13)12-9(16-2)4-3-5-10(12)17-8/h3-5,8H,6-7,13H2,1-2H3. The number of benzene rings is 1. The fourth-order valence-corrected chi connectivity index (χ4v) is 3.10. The zero-order chi connectivity index (χ0) is 12.4. The summed E-state index contributed by atoms with van der Waals surface area (Å²) in [5.41, 5.74) is 6.31. The second kappa shape index (κ2) is 4.98. The lowest BCUT2D eigenvalue weighted by atomic mass is 10.2. The predicted molar refractivity (Wildman–Crippen MR) is 69.7 cm³/mol. The number of para-hydroxylation sites is 1. The Morgan fingerprint density at radius 2 is 2.41 bits per heavy atom. The molecule has 5 heteroatoms. The molecule has 0 aliphatic carbocycles. The summed E-state index contributed by atoms with van der Waals surface area (Å²) in [5, 5.41) is 0.366. The van der Waals surface area contributed by atoms with Crippen LogP contribution in [-0.4, -0.2) is 31.4 Å². The molecule has 1 unspecified atom stereocenters. The van der Waals surface area contributed by atoms with Crippen molar-refractivity contribution in [1.82, 2.24) is 0 Å². The van der Waals surface area contributed by atoms with E-state index in [2.05, 4.69) is 6.92 Å². The lowest BCUT2D eigenvalue weighted by Gasteiger charge is -2.33. The van der Waals surface area contributed by atoms with Gasteiger partial charge < -0.3 is 15.4 Å². The van der Waals surface area contributed by atoms with Crippen LogP contribution in [0.25, 0.3) is 0 Å². The molecular formula is C12H16N2O2S. The number of carbonyl (C=O) groups excluding carboxylic acids is 1. The number of hydrogen-bond acceptors (Lipinski definition) is 4. The summed E-state index contributed by atoms with van der Waals surface area (Å²) < 4.78 is 5.32. The summed E-state index contributed by atoms with van der Waals surface area (Å²) in [6.45, 7) is 2.80. The van der Waals surface area contributed by atoms with Crippen LogP contribution in [-0.2, 0) is 4.79 Å². The van der Waals surface area contributed by atoms with Gasteiger partial charge in [-0.2, -0.15) is 0 Å². The molecule has 92 valence electrons. The number of carbonyl (C=O) groups is 1. The Morgan fingerprint density at radius 3 is 3.06 bits per heavy atom. The van der Waals surface area contributed by atoms with E-state index < -0.39 is 0 Å². The molecule has 0 saturated carbocycles. The van der Waals surface area contributed by atoms with Gasteiger partial charge in [0.2, 0.25) is 5.91 Å². The van der Waals surface area contributed by atoms with Crippen molar-refractivity contribution in [3.05, 3.63) is 18.2 Å². The van der Waals surface area contributed by atoms with Crippen LogP contribution in [0.1, 0.15) is 6.92 Å². The first kappa shape index (κ1) is 12.3. The maximum Gasteiger partial charge on any atom is 0.240 e. The normalized spacial score (nSPS) is 18.8. The van der Waals surface area contributed by atoms with E-state index in [9.17, 15) is 4.79 Å². The molecule has 2 N–H and O–H groups in total. The van der Waals surface area contributed by atoms with E-state index in [-0.39, 0.29) is 12.5 Å². The lowest BCUT2D eigenvalue weighted by molar-refractivity contribution is -0.117. The van der Waals surface area contributed by atoms with Gasteiger partial charge in [0.1, 0.15) is 5.75 Å². The summed E-state index contributed by atoms with van der Waals surface area (Å²) in [6, 6.07) is 5.81. The van der Waals surface area contributed by atoms with E-state index in [1.54, 1.807) is 23.8 Å². The number of amides is 1. The van der Waals surface area contributed by atoms with Gasteiger partial charge in [0, 0.05) is 16.7 Å². The second-order valence-electron chi connectivity index (χ2n) is 3.94. The van der Waals surface area contributed by atoms with Crippen LogP contribution in [0, 0.1) is 0 Å². The second-order valence-corrected chi connectivity index (χ2v) is 5.42. The largest absolute Gasteiger partial charge is 0.495 e. The van der Waals surface area contributed by atoms with Crippen molar-refractivity contribution >= 4 is 23.4 Å². The minimum absolute atomic E-state index is 0.0227. The minimum atomic E-state index is -0.0668. The van der Waals surface area contributed by atoms with Gasteiger partial charge in [-0.1, -0.05) is 13.0 Å². The highest BCUT2D eigenvalue weighted by Crippen LogP contribution is 2.43. The molecule has 0 fully saturated rings. The van der Waals surface area contributed by atoms with E-state index in [1.165, 1.54) is 0 Å². The van der Waals surface area contributed by atoms with Gasteiger partial charge in [0.05, 0.1) is 19.3 Å². The highest BCUT2D eigenvalue weighted by Gasteiger charge is 2.28. The third-order valence-corrected chi connectivity index (χ3v) is 3.83. The summed E-state index contributed by atoms with van der Waals surface area (Å²) in [7, 11) is 1.61. The van der Waals surface area contributed by atoms with Crippen molar-refractivity contribution in [1.29, 1.82) is 0 Å². The van der Waals surface area contributed by atoms with Crippen LogP contribution in [0.3, 0.4) is 0 Å². The van der Waals surface area contributed by atoms with E-state index in [0.29, 0.717) is 11.8 Å². The molecule has 4 nitrogen and oxygen atoms in total. The maximum atomic E-state index is 11.9. The minimum Gasteiger partial charge on any atom is -0.495 e. The quantitative estimate of drug-likeness (QED) is 0.866. The van der Waals surface area contributed by atoms with E-state index in [0.717, 1.165) is 16.3 Å². The van der Waals surface area contributed by atoms with Gasteiger partial charge in [-0.3, -0.25) is 4.79 Å². The van der Waals surface area contributed by atoms with Crippen LogP contribution in [0.15, 0.2) is 23.1 Å². The highest BCUT2D eigenvalue weighted by molar-refractivity contribution is 8.00. The molecule has 1 amide bonds. The molecule has 2 rings (SSSR count). The van der Waals surface area contributed by atoms with Gasteiger partial charge in [-0.25, -0.2) is 0 Å². The Hall–Kier alpha value is -1.20.